The van der Waals surface area contributed by atoms with E-state index in [2.05, 4.69) is 54.1 Å². The minimum atomic E-state index is 1.10. The van der Waals surface area contributed by atoms with Crippen LogP contribution in [0.25, 0.3) is 0 Å². The number of hydrogen-bond acceptors (Lipinski definition) is 2. The molecule has 1 aromatic carbocycles. The van der Waals surface area contributed by atoms with E-state index in [0.717, 1.165) is 12.8 Å². The summed E-state index contributed by atoms with van der Waals surface area (Å²) in [4.78, 5) is 1.31. The molecule has 1 aliphatic carbocycles. The smallest absolute Gasteiger partial charge is 0.0443 e. The number of hydrogen-bond donors (Lipinski definition) is 1. The maximum absolute atomic E-state index is 3.36. The minimum absolute atomic E-state index is 1.10. The number of benzene rings is 1. The van der Waals surface area contributed by atoms with Gasteiger partial charge in [-0.1, -0.05) is 51.1 Å². The van der Waals surface area contributed by atoms with Crippen LogP contribution in [0.1, 0.15) is 39.2 Å². The van der Waals surface area contributed by atoms with Gasteiger partial charge in [-0.25, -0.2) is 0 Å². The summed E-state index contributed by atoms with van der Waals surface area (Å²) in [5.74, 6) is 0. The van der Waals surface area contributed by atoms with Crippen molar-refractivity contribution in [2.24, 2.45) is 0 Å². The quantitative estimate of drug-likeness (QED) is 0.711. The van der Waals surface area contributed by atoms with Crippen LogP contribution < -0.4 is 4.72 Å². The maximum atomic E-state index is 3.36. The van der Waals surface area contributed by atoms with E-state index in [0.29, 0.717) is 0 Å². The molecule has 0 saturated heterocycles. The monoisotopic (exact) mass is 261 g/mol. The van der Waals surface area contributed by atoms with E-state index in [1.54, 1.807) is 11.9 Å². The zero-order valence-electron chi connectivity index (χ0n) is 11.6. The second kappa shape index (κ2) is 8.87. The van der Waals surface area contributed by atoms with E-state index in [9.17, 15) is 0 Å². The molecule has 0 aliphatic heterocycles. The highest BCUT2D eigenvalue weighted by atomic mass is 32.2. The van der Waals surface area contributed by atoms with Crippen LogP contribution in [0.3, 0.4) is 0 Å². The molecular formula is C16H23NS. The molecule has 0 aromatic heterocycles. The van der Waals surface area contributed by atoms with Crippen molar-refractivity contribution in [1.29, 1.82) is 0 Å². The number of allylic oxidation sites excluding steroid dienone is 3. The fraction of sp³-hybridized carbons (Fsp3) is 0.375. The van der Waals surface area contributed by atoms with Crippen molar-refractivity contribution in [3.63, 3.8) is 0 Å². The molecule has 1 aliphatic rings. The fourth-order valence-corrected chi connectivity index (χ4v) is 2.33. The van der Waals surface area contributed by atoms with E-state index in [4.69, 9.17) is 0 Å². The third-order valence-electron chi connectivity index (χ3n) is 2.61. The second-order valence-electron chi connectivity index (χ2n) is 3.84. The Morgan fingerprint density at radius 3 is 2.39 bits per heavy atom. The van der Waals surface area contributed by atoms with Gasteiger partial charge in [0.1, 0.15) is 0 Å². The summed E-state index contributed by atoms with van der Waals surface area (Å²) in [5.41, 5.74) is 2.55. The predicted octanol–water partition coefficient (Wildman–Crippen LogP) is 5.57. The minimum Gasteiger partial charge on any atom is -0.326 e. The Kier molecular flexibility index (Phi) is 7.35. The topological polar surface area (TPSA) is 12.0 Å². The van der Waals surface area contributed by atoms with Crippen molar-refractivity contribution < 1.29 is 0 Å². The highest BCUT2D eigenvalue weighted by Gasteiger charge is 1.98. The van der Waals surface area contributed by atoms with Crippen LogP contribution in [-0.4, -0.2) is 0 Å². The SMILES string of the molecule is CC.CCc1ccc(NSC2=CCCC=C2)cc1. The van der Waals surface area contributed by atoms with Gasteiger partial charge in [0.05, 0.1) is 0 Å². The zero-order valence-corrected chi connectivity index (χ0v) is 12.4. The van der Waals surface area contributed by atoms with Gasteiger partial charge in [-0.3, -0.25) is 0 Å². The lowest BCUT2D eigenvalue weighted by molar-refractivity contribution is 1.03. The molecule has 0 saturated carbocycles. The lowest BCUT2D eigenvalue weighted by Gasteiger charge is -2.08. The van der Waals surface area contributed by atoms with Gasteiger partial charge in [-0.05, 0) is 48.9 Å². The summed E-state index contributed by atoms with van der Waals surface area (Å²) in [6, 6.07) is 8.62. The summed E-state index contributed by atoms with van der Waals surface area (Å²) < 4.78 is 3.36. The number of nitrogens with one attached hydrogen (secondary N) is 1. The molecule has 0 heterocycles. The lowest BCUT2D eigenvalue weighted by Crippen LogP contribution is -1.89. The molecule has 2 rings (SSSR count). The summed E-state index contributed by atoms with van der Waals surface area (Å²) in [6.45, 7) is 6.18. The first-order valence-corrected chi connectivity index (χ1v) is 7.58. The Balaban J connectivity index is 0.000000771. The normalized spacial score (nSPS) is 13.4. The Bertz CT molecular complexity index is 390. The van der Waals surface area contributed by atoms with E-state index >= 15 is 0 Å². The largest absolute Gasteiger partial charge is 0.326 e. The van der Waals surface area contributed by atoms with Crippen LogP contribution in [0, 0.1) is 0 Å². The molecule has 0 bridgehead atoms. The van der Waals surface area contributed by atoms with Crippen LogP contribution in [-0.2, 0) is 6.42 Å². The molecule has 1 nitrogen and oxygen atoms in total. The predicted molar refractivity (Wildman–Crippen MR) is 84.8 cm³/mol. The van der Waals surface area contributed by atoms with Crippen molar-refractivity contribution in [1.82, 2.24) is 0 Å². The average molecular weight is 261 g/mol. The lowest BCUT2D eigenvalue weighted by atomic mass is 10.2. The Labute approximate surface area is 116 Å². The van der Waals surface area contributed by atoms with Gasteiger partial charge >= 0.3 is 0 Å². The molecule has 18 heavy (non-hydrogen) atoms. The standard InChI is InChI=1S/C14H17NS.C2H6/c1-2-12-8-10-13(11-9-12)15-16-14-6-4-3-5-7-14;1-2/h4,6-11,15H,2-3,5H2,1H3;1-2H3. The summed E-state index contributed by atoms with van der Waals surface area (Å²) >= 11 is 1.69. The molecule has 0 unspecified atom stereocenters. The van der Waals surface area contributed by atoms with Crippen molar-refractivity contribution in [2.75, 3.05) is 4.72 Å². The number of aryl methyl sites for hydroxylation is 1. The molecule has 2 heteroatoms. The fourth-order valence-electron chi connectivity index (χ4n) is 1.59. The van der Waals surface area contributed by atoms with Gasteiger partial charge in [0.25, 0.3) is 0 Å². The van der Waals surface area contributed by atoms with Crippen molar-refractivity contribution in [2.45, 2.75) is 40.0 Å². The number of anilines is 1. The molecule has 0 radical (unpaired) electrons. The van der Waals surface area contributed by atoms with Gasteiger partial charge in [0, 0.05) is 10.6 Å². The van der Waals surface area contributed by atoms with Crippen molar-refractivity contribution in [3.05, 3.63) is 53.0 Å². The van der Waals surface area contributed by atoms with Gasteiger partial charge < -0.3 is 4.72 Å². The van der Waals surface area contributed by atoms with Crippen LogP contribution in [0.2, 0.25) is 0 Å². The third kappa shape index (κ3) is 5.01. The van der Waals surface area contributed by atoms with Gasteiger partial charge in [0.2, 0.25) is 0 Å². The Morgan fingerprint density at radius 2 is 1.83 bits per heavy atom. The molecule has 0 spiro atoms. The van der Waals surface area contributed by atoms with Crippen molar-refractivity contribution >= 4 is 17.6 Å². The highest BCUT2D eigenvalue weighted by molar-refractivity contribution is 8.04. The molecule has 98 valence electrons. The van der Waals surface area contributed by atoms with Crippen LogP contribution in [0.4, 0.5) is 5.69 Å². The first-order valence-electron chi connectivity index (χ1n) is 6.77. The van der Waals surface area contributed by atoms with Crippen LogP contribution >= 0.6 is 11.9 Å². The summed E-state index contributed by atoms with van der Waals surface area (Å²) in [5, 5.41) is 0. The maximum Gasteiger partial charge on any atom is 0.0443 e. The molecule has 0 fully saturated rings. The van der Waals surface area contributed by atoms with E-state index < -0.39 is 0 Å². The van der Waals surface area contributed by atoms with Crippen LogP contribution in [0.5, 0.6) is 0 Å². The molecule has 1 aromatic rings. The van der Waals surface area contributed by atoms with E-state index in [-0.39, 0.29) is 0 Å². The van der Waals surface area contributed by atoms with E-state index in [1.807, 2.05) is 13.8 Å². The Hall–Kier alpha value is -1.15. The molecule has 1 N–H and O–H groups in total. The average Bonchev–Trinajstić information content (AvgIpc) is 2.49. The zero-order chi connectivity index (χ0) is 13.2. The van der Waals surface area contributed by atoms with Gasteiger partial charge in [0.15, 0.2) is 0 Å². The Morgan fingerprint density at radius 1 is 1.11 bits per heavy atom. The van der Waals surface area contributed by atoms with Gasteiger partial charge in [-0.15, -0.1) is 0 Å². The van der Waals surface area contributed by atoms with Crippen LogP contribution in [0.15, 0.2) is 47.4 Å². The van der Waals surface area contributed by atoms with Crippen molar-refractivity contribution in [3.8, 4) is 0 Å². The third-order valence-corrected chi connectivity index (χ3v) is 3.49. The highest BCUT2D eigenvalue weighted by Crippen LogP contribution is 2.24. The first kappa shape index (κ1) is 14.9. The van der Waals surface area contributed by atoms with E-state index in [1.165, 1.54) is 22.6 Å². The molecular weight excluding hydrogens is 238 g/mol. The summed E-state index contributed by atoms with van der Waals surface area (Å²) in [6.07, 6.45) is 10.1. The summed E-state index contributed by atoms with van der Waals surface area (Å²) in [7, 11) is 0. The second-order valence-corrected chi connectivity index (χ2v) is 4.72. The number of rotatable bonds is 4. The van der Waals surface area contributed by atoms with Gasteiger partial charge in [-0.2, -0.15) is 0 Å². The molecule has 0 amide bonds. The first-order chi connectivity index (χ1) is 8.88. The molecule has 0 atom stereocenters.